The molecule has 114 valence electrons. The summed E-state index contributed by atoms with van der Waals surface area (Å²) in [5.74, 6) is -0.989. The van der Waals surface area contributed by atoms with Crippen molar-refractivity contribution in [1.82, 2.24) is 5.32 Å². The molecule has 0 saturated carbocycles. The molecule has 6 heteroatoms. The van der Waals surface area contributed by atoms with E-state index in [1.165, 1.54) is 13.2 Å². The van der Waals surface area contributed by atoms with Crippen LogP contribution in [-0.2, 0) is 9.53 Å². The summed E-state index contributed by atoms with van der Waals surface area (Å²) >= 11 is 0. The first kappa shape index (κ1) is 16.7. The Labute approximate surface area is 123 Å². The van der Waals surface area contributed by atoms with Crippen molar-refractivity contribution in [3.05, 3.63) is 42.0 Å². The average molecular weight is 293 g/mol. The maximum atomic E-state index is 12.1. The van der Waals surface area contributed by atoms with E-state index in [1.807, 2.05) is 0 Å². The zero-order valence-corrected chi connectivity index (χ0v) is 12.1. The molecule has 0 aliphatic carbocycles. The summed E-state index contributed by atoms with van der Waals surface area (Å²) in [6.45, 7) is 5.32. The highest BCUT2D eigenvalue weighted by Crippen LogP contribution is 2.16. The SMILES string of the molecule is C=CCOCC(NC(=O)c1ccc(OC)cc1C)C(=O)O. The quantitative estimate of drug-likeness (QED) is 0.559. The van der Waals surface area contributed by atoms with Crippen LogP contribution in [0.5, 0.6) is 5.75 Å². The van der Waals surface area contributed by atoms with Crippen molar-refractivity contribution in [3.63, 3.8) is 0 Å². The number of amides is 1. The highest BCUT2D eigenvalue weighted by Gasteiger charge is 2.21. The largest absolute Gasteiger partial charge is 0.497 e. The van der Waals surface area contributed by atoms with Crippen molar-refractivity contribution >= 4 is 11.9 Å². The van der Waals surface area contributed by atoms with Crippen LogP contribution in [0, 0.1) is 6.92 Å². The van der Waals surface area contributed by atoms with Crippen LogP contribution in [0.4, 0.5) is 0 Å². The van der Waals surface area contributed by atoms with Gasteiger partial charge in [-0.2, -0.15) is 0 Å². The number of ether oxygens (including phenoxy) is 2. The minimum atomic E-state index is -1.15. The van der Waals surface area contributed by atoms with Gasteiger partial charge in [0.2, 0.25) is 0 Å². The molecule has 0 radical (unpaired) electrons. The number of carbonyl (C=O) groups excluding carboxylic acids is 1. The Bertz CT molecular complexity index is 527. The summed E-state index contributed by atoms with van der Waals surface area (Å²) in [5.41, 5.74) is 1.09. The first-order valence-corrected chi connectivity index (χ1v) is 6.36. The zero-order valence-electron chi connectivity index (χ0n) is 12.1. The fourth-order valence-corrected chi connectivity index (χ4v) is 1.70. The molecule has 0 saturated heterocycles. The molecule has 0 spiro atoms. The van der Waals surface area contributed by atoms with Gasteiger partial charge in [-0.3, -0.25) is 4.79 Å². The van der Waals surface area contributed by atoms with Crippen LogP contribution in [0.3, 0.4) is 0 Å². The van der Waals surface area contributed by atoms with E-state index in [4.69, 9.17) is 14.6 Å². The second-order valence-corrected chi connectivity index (χ2v) is 4.37. The summed E-state index contributed by atoms with van der Waals surface area (Å²) in [6, 6.07) is 3.83. The van der Waals surface area contributed by atoms with Crippen LogP contribution < -0.4 is 10.1 Å². The predicted octanol–water partition coefficient (Wildman–Crippen LogP) is 1.39. The molecule has 1 atom stereocenters. The van der Waals surface area contributed by atoms with Gasteiger partial charge in [0.05, 0.1) is 20.3 Å². The van der Waals surface area contributed by atoms with Gasteiger partial charge in [-0.15, -0.1) is 6.58 Å². The third kappa shape index (κ3) is 4.92. The van der Waals surface area contributed by atoms with Crippen LogP contribution in [0.1, 0.15) is 15.9 Å². The summed E-state index contributed by atoms with van der Waals surface area (Å²) in [4.78, 5) is 23.2. The number of carboxylic acids is 1. The van der Waals surface area contributed by atoms with E-state index in [0.29, 0.717) is 16.9 Å². The molecule has 6 nitrogen and oxygen atoms in total. The summed E-state index contributed by atoms with van der Waals surface area (Å²) in [6.07, 6.45) is 1.51. The lowest BCUT2D eigenvalue weighted by molar-refractivity contribution is -0.140. The normalized spacial score (nSPS) is 11.5. The Morgan fingerprint density at radius 2 is 2.19 bits per heavy atom. The number of carboxylic acid groups (broad SMARTS) is 1. The van der Waals surface area contributed by atoms with Gasteiger partial charge in [-0.1, -0.05) is 6.08 Å². The van der Waals surface area contributed by atoms with Gasteiger partial charge in [-0.05, 0) is 30.7 Å². The second kappa shape index (κ2) is 8.06. The summed E-state index contributed by atoms with van der Waals surface area (Å²) in [5, 5.41) is 11.5. The summed E-state index contributed by atoms with van der Waals surface area (Å²) in [7, 11) is 1.53. The average Bonchev–Trinajstić information content (AvgIpc) is 2.45. The molecule has 1 aromatic carbocycles. The number of hydrogen-bond donors (Lipinski definition) is 2. The lowest BCUT2D eigenvalue weighted by Gasteiger charge is -2.15. The predicted molar refractivity (Wildman–Crippen MR) is 77.6 cm³/mol. The number of benzene rings is 1. The van der Waals surface area contributed by atoms with Crippen molar-refractivity contribution in [2.24, 2.45) is 0 Å². The van der Waals surface area contributed by atoms with E-state index in [2.05, 4.69) is 11.9 Å². The first-order chi connectivity index (χ1) is 9.99. The van der Waals surface area contributed by atoms with Crippen molar-refractivity contribution < 1.29 is 24.2 Å². The van der Waals surface area contributed by atoms with E-state index >= 15 is 0 Å². The number of methoxy groups -OCH3 is 1. The molecule has 0 aromatic heterocycles. The van der Waals surface area contributed by atoms with Gasteiger partial charge in [0, 0.05) is 5.56 Å². The van der Waals surface area contributed by atoms with Crippen LogP contribution in [0.25, 0.3) is 0 Å². The number of hydrogen-bond acceptors (Lipinski definition) is 4. The van der Waals surface area contributed by atoms with Crippen molar-refractivity contribution in [2.45, 2.75) is 13.0 Å². The molecule has 1 rings (SSSR count). The third-order valence-corrected chi connectivity index (χ3v) is 2.80. The molecular weight excluding hydrogens is 274 g/mol. The minimum Gasteiger partial charge on any atom is -0.497 e. The standard InChI is InChI=1S/C15H19NO5/c1-4-7-21-9-13(15(18)19)16-14(17)12-6-5-11(20-3)8-10(12)2/h4-6,8,13H,1,7,9H2,2-3H3,(H,16,17)(H,18,19). The third-order valence-electron chi connectivity index (χ3n) is 2.80. The van der Waals surface area contributed by atoms with Crippen molar-refractivity contribution in [1.29, 1.82) is 0 Å². The molecule has 0 bridgehead atoms. The number of rotatable bonds is 8. The lowest BCUT2D eigenvalue weighted by Crippen LogP contribution is -2.44. The molecule has 1 aromatic rings. The lowest BCUT2D eigenvalue weighted by atomic mass is 10.1. The molecule has 2 N–H and O–H groups in total. The van der Waals surface area contributed by atoms with Gasteiger partial charge >= 0.3 is 5.97 Å². The highest BCUT2D eigenvalue weighted by atomic mass is 16.5. The molecule has 21 heavy (non-hydrogen) atoms. The Morgan fingerprint density at radius 1 is 1.48 bits per heavy atom. The van der Waals surface area contributed by atoms with E-state index in [0.717, 1.165) is 0 Å². The van der Waals surface area contributed by atoms with Gasteiger partial charge in [-0.25, -0.2) is 4.79 Å². The summed E-state index contributed by atoms with van der Waals surface area (Å²) < 4.78 is 10.1. The number of aliphatic carboxylic acids is 1. The van der Waals surface area contributed by atoms with Gasteiger partial charge in [0.25, 0.3) is 5.91 Å². The fraction of sp³-hybridized carbons (Fsp3) is 0.333. The van der Waals surface area contributed by atoms with E-state index in [-0.39, 0.29) is 13.2 Å². The van der Waals surface area contributed by atoms with Gasteiger partial charge in [0.1, 0.15) is 5.75 Å². The molecule has 0 aliphatic heterocycles. The first-order valence-electron chi connectivity index (χ1n) is 6.36. The topological polar surface area (TPSA) is 84.9 Å². The Morgan fingerprint density at radius 3 is 2.71 bits per heavy atom. The fourth-order valence-electron chi connectivity index (χ4n) is 1.70. The van der Waals surface area contributed by atoms with Gasteiger partial charge in [0.15, 0.2) is 6.04 Å². The van der Waals surface area contributed by atoms with E-state index < -0.39 is 17.9 Å². The molecular formula is C15H19NO5. The van der Waals surface area contributed by atoms with E-state index in [1.54, 1.807) is 25.1 Å². The van der Waals surface area contributed by atoms with Crippen LogP contribution in [0.2, 0.25) is 0 Å². The minimum absolute atomic E-state index is 0.123. The Kier molecular flexibility index (Phi) is 6.42. The molecule has 0 heterocycles. The maximum absolute atomic E-state index is 12.1. The van der Waals surface area contributed by atoms with Gasteiger partial charge < -0.3 is 19.9 Å². The molecule has 0 aliphatic rings. The van der Waals surface area contributed by atoms with Crippen molar-refractivity contribution in [3.8, 4) is 5.75 Å². The molecule has 0 fully saturated rings. The Balaban J connectivity index is 2.77. The van der Waals surface area contributed by atoms with Crippen LogP contribution in [-0.4, -0.2) is 43.3 Å². The molecule has 1 unspecified atom stereocenters. The number of nitrogens with one attached hydrogen (secondary N) is 1. The number of aryl methyl sites for hydroxylation is 1. The molecule has 1 amide bonds. The van der Waals surface area contributed by atoms with E-state index in [9.17, 15) is 9.59 Å². The highest BCUT2D eigenvalue weighted by molar-refractivity contribution is 5.98. The maximum Gasteiger partial charge on any atom is 0.328 e. The second-order valence-electron chi connectivity index (χ2n) is 4.37. The number of carbonyl (C=O) groups is 2. The van der Waals surface area contributed by atoms with Crippen molar-refractivity contribution in [2.75, 3.05) is 20.3 Å². The van der Waals surface area contributed by atoms with Crippen LogP contribution in [0.15, 0.2) is 30.9 Å². The smallest absolute Gasteiger partial charge is 0.328 e. The monoisotopic (exact) mass is 293 g/mol. The van der Waals surface area contributed by atoms with Crippen LogP contribution >= 0.6 is 0 Å². The Hall–Kier alpha value is -2.34. The zero-order chi connectivity index (χ0) is 15.8.